The summed E-state index contributed by atoms with van der Waals surface area (Å²) in [5, 5.41) is 14.1. The molecule has 0 aliphatic rings. The van der Waals surface area contributed by atoms with E-state index in [0.29, 0.717) is 25.9 Å². The van der Waals surface area contributed by atoms with Gasteiger partial charge in [0.1, 0.15) is 0 Å². The molecule has 0 radical (unpaired) electrons. The number of hydrogen-bond donors (Lipinski definition) is 3. The number of carboxylic acid groups (broad SMARTS) is 1. The normalized spacial score (nSPS) is 12.6. The van der Waals surface area contributed by atoms with Gasteiger partial charge in [-0.1, -0.05) is 27.7 Å². The minimum absolute atomic E-state index is 0.0828. The smallest absolute Gasteiger partial charge is 0.306 e. The van der Waals surface area contributed by atoms with Gasteiger partial charge in [0.05, 0.1) is 5.92 Å². The van der Waals surface area contributed by atoms with E-state index in [1.165, 1.54) is 0 Å². The average molecular weight is 286 g/mol. The van der Waals surface area contributed by atoms with Gasteiger partial charge >= 0.3 is 5.97 Å². The quantitative estimate of drug-likeness (QED) is 0.583. The van der Waals surface area contributed by atoms with E-state index < -0.39 is 17.3 Å². The molecule has 0 bridgehead atoms. The molecule has 116 valence electrons. The van der Waals surface area contributed by atoms with Crippen LogP contribution in [0.15, 0.2) is 0 Å². The van der Waals surface area contributed by atoms with Crippen LogP contribution in [-0.2, 0) is 14.4 Å². The maximum absolute atomic E-state index is 11.5. The molecule has 2 amide bonds. The van der Waals surface area contributed by atoms with Gasteiger partial charge in [0.25, 0.3) is 0 Å². The van der Waals surface area contributed by atoms with Crippen molar-refractivity contribution in [2.24, 2.45) is 11.3 Å². The molecule has 0 aliphatic carbocycles. The Hall–Kier alpha value is -1.59. The predicted molar refractivity (Wildman–Crippen MR) is 76.1 cm³/mol. The highest BCUT2D eigenvalue weighted by Gasteiger charge is 2.20. The second-order valence-corrected chi connectivity index (χ2v) is 5.99. The molecule has 0 heterocycles. The van der Waals surface area contributed by atoms with Gasteiger partial charge in [-0.15, -0.1) is 0 Å². The molecule has 0 rings (SSSR count). The lowest BCUT2D eigenvalue weighted by Gasteiger charge is -2.17. The van der Waals surface area contributed by atoms with Crippen LogP contribution in [-0.4, -0.2) is 36.0 Å². The van der Waals surface area contributed by atoms with Crippen molar-refractivity contribution in [2.75, 3.05) is 13.1 Å². The Kier molecular flexibility index (Phi) is 7.87. The molecule has 0 fully saturated rings. The summed E-state index contributed by atoms with van der Waals surface area (Å²) in [5.41, 5.74) is -0.455. The van der Waals surface area contributed by atoms with Gasteiger partial charge in [-0.25, -0.2) is 0 Å². The fourth-order valence-electron chi connectivity index (χ4n) is 1.40. The average Bonchev–Trinajstić information content (AvgIpc) is 2.32. The predicted octanol–water partition coefficient (Wildman–Crippen LogP) is 1.16. The summed E-state index contributed by atoms with van der Waals surface area (Å²) in [4.78, 5) is 33.6. The second kappa shape index (κ2) is 8.55. The molecule has 0 aromatic carbocycles. The second-order valence-electron chi connectivity index (χ2n) is 5.99. The van der Waals surface area contributed by atoms with Crippen molar-refractivity contribution in [1.29, 1.82) is 0 Å². The Bertz CT molecular complexity index is 348. The van der Waals surface area contributed by atoms with Gasteiger partial charge in [-0.3, -0.25) is 14.4 Å². The molecule has 1 unspecified atom stereocenters. The number of nitrogens with one attached hydrogen (secondary N) is 2. The van der Waals surface area contributed by atoms with E-state index >= 15 is 0 Å². The summed E-state index contributed by atoms with van der Waals surface area (Å²) in [6.45, 7) is 7.85. The highest BCUT2D eigenvalue weighted by atomic mass is 16.4. The van der Waals surface area contributed by atoms with Crippen molar-refractivity contribution in [1.82, 2.24) is 10.6 Å². The van der Waals surface area contributed by atoms with E-state index in [1.54, 1.807) is 6.92 Å². The molecule has 0 saturated carbocycles. The Balaban J connectivity index is 3.66. The molecule has 3 N–H and O–H groups in total. The third kappa shape index (κ3) is 8.50. The van der Waals surface area contributed by atoms with Gasteiger partial charge in [0.15, 0.2) is 0 Å². The SMILES string of the molecule is CC(CCCNC(=O)CCNC(=O)C(C)(C)C)C(=O)O. The van der Waals surface area contributed by atoms with Crippen LogP contribution in [0.5, 0.6) is 0 Å². The molecular formula is C14H26N2O4. The first kappa shape index (κ1) is 18.4. The lowest BCUT2D eigenvalue weighted by molar-refractivity contribution is -0.141. The zero-order chi connectivity index (χ0) is 15.8. The summed E-state index contributed by atoms with van der Waals surface area (Å²) >= 11 is 0. The number of carbonyl (C=O) groups excluding carboxylic acids is 2. The molecule has 0 aliphatic heterocycles. The summed E-state index contributed by atoms with van der Waals surface area (Å²) in [5.74, 6) is -1.43. The third-order valence-corrected chi connectivity index (χ3v) is 2.88. The fourth-order valence-corrected chi connectivity index (χ4v) is 1.40. The standard InChI is InChI=1S/C14H26N2O4/c1-10(12(18)19)6-5-8-15-11(17)7-9-16-13(20)14(2,3)4/h10H,5-9H2,1-4H3,(H,15,17)(H,16,20)(H,18,19). The van der Waals surface area contributed by atoms with E-state index in [-0.39, 0.29) is 18.2 Å². The molecule has 20 heavy (non-hydrogen) atoms. The summed E-state index contributed by atoms with van der Waals surface area (Å²) < 4.78 is 0. The monoisotopic (exact) mass is 286 g/mol. The molecule has 0 saturated heterocycles. The van der Waals surface area contributed by atoms with Gasteiger partial charge in [-0.2, -0.15) is 0 Å². The van der Waals surface area contributed by atoms with Gasteiger partial charge in [0, 0.05) is 24.9 Å². The maximum atomic E-state index is 11.5. The van der Waals surface area contributed by atoms with Crippen LogP contribution < -0.4 is 10.6 Å². The largest absolute Gasteiger partial charge is 0.481 e. The number of aliphatic carboxylic acids is 1. The van der Waals surface area contributed by atoms with E-state index in [2.05, 4.69) is 10.6 Å². The van der Waals surface area contributed by atoms with E-state index in [1.807, 2.05) is 20.8 Å². The molecule has 0 aromatic rings. The minimum atomic E-state index is -0.818. The van der Waals surface area contributed by atoms with Crippen LogP contribution >= 0.6 is 0 Å². The molecular weight excluding hydrogens is 260 g/mol. The molecule has 6 nitrogen and oxygen atoms in total. The number of rotatable bonds is 8. The number of carbonyl (C=O) groups is 3. The zero-order valence-corrected chi connectivity index (χ0v) is 12.8. The van der Waals surface area contributed by atoms with E-state index in [0.717, 1.165) is 0 Å². The van der Waals surface area contributed by atoms with Crippen LogP contribution in [0, 0.1) is 11.3 Å². The zero-order valence-electron chi connectivity index (χ0n) is 12.8. The van der Waals surface area contributed by atoms with Gasteiger partial charge in [0.2, 0.25) is 11.8 Å². The van der Waals surface area contributed by atoms with Crippen molar-refractivity contribution in [3.8, 4) is 0 Å². The number of carboxylic acids is 1. The Labute approximate surface area is 120 Å². The lowest BCUT2D eigenvalue weighted by atomic mass is 9.96. The topological polar surface area (TPSA) is 95.5 Å². The first-order chi connectivity index (χ1) is 9.14. The Morgan fingerprint density at radius 3 is 2.20 bits per heavy atom. The van der Waals surface area contributed by atoms with Crippen molar-refractivity contribution < 1.29 is 19.5 Å². The molecule has 1 atom stereocenters. The number of hydrogen-bond acceptors (Lipinski definition) is 3. The summed E-state index contributed by atoms with van der Waals surface area (Å²) in [7, 11) is 0. The van der Waals surface area contributed by atoms with E-state index in [9.17, 15) is 14.4 Å². The van der Waals surface area contributed by atoms with Crippen molar-refractivity contribution in [3.05, 3.63) is 0 Å². The third-order valence-electron chi connectivity index (χ3n) is 2.88. The van der Waals surface area contributed by atoms with Crippen LogP contribution in [0.25, 0.3) is 0 Å². The van der Waals surface area contributed by atoms with Crippen molar-refractivity contribution in [3.63, 3.8) is 0 Å². The Morgan fingerprint density at radius 2 is 1.70 bits per heavy atom. The molecule has 0 aromatic heterocycles. The highest BCUT2D eigenvalue weighted by molar-refractivity contribution is 5.82. The Morgan fingerprint density at radius 1 is 1.10 bits per heavy atom. The van der Waals surface area contributed by atoms with Crippen LogP contribution in [0.2, 0.25) is 0 Å². The fraction of sp³-hybridized carbons (Fsp3) is 0.786. The van der Waals surface area contributed by atoms with Crippen molar-refractivity contribution in [2.45, 2.75) is 47.0 Å². The first-order valence-corrected chi connectivity index (χ1v) is 6.92. The van der Waals surface area contributed by atoms with Crippen LogP contribution in [0.4, 0.5) is 0 Å². The molecule has 0 spiro atoms. The lowest BCUT2D eigenvalue weighted by Crippen LogP contribution is -2.37. The van der Waals surface area contributed by atoms with Crippen LogP contribution in [0.1, 0.15) is 47.0 Å². The summed E-state index contributed by atoms with van der Waals surface area (Å²) in [6.07, 6.45) is 1.40. The van der Waals surface area contributed by atoms with Gasteiger partial charge < -0.3 is 15.7 Å². The van der Waals surface area contributed by atoms with Gasteiger partial charge in [-0.05, 0) is 12.8 Å². The summed E-state index contributed by atoms with van der Waals surface area (Å²) in [6, 6.07) is 0. The first-order valence-electron chi connectivity index (χ1n) is 6.92. The minimum Gasteiger partial charge on any atom is -0.481 e. The molecule has 6 heteroatoms. The van der Waals surface area contributed by atoms with Crippen molar-refractivity contribution >= 4 is 17.8 Å². The highest BCUT2D eigenvalue weighted by Crippen LogP contribution is 2.12. The maximum Gasteiger partial charge on any atom is 0.306 e. The number of amides is 2. The van der Waals surface area contributed by atoms with Crippen LogP contribution in [0.3, 0.4) is 0 Å². The van der Waals surface area contributed by atoms with E-state index in [4.69, 9.17) is 5.11 Å².